The van der Waals surface area contributed by atoms with Crippen molar-refractivity contribution in [2.24, 2.45) is 0 Å². The van der Waals surface area contributed by atoms with Crippen LogP contribution in [0.4, 0.5) is 0 Å². The molecule has 0 aliphatic rings. The molecule has 0 aromatic heterocycles. The predicted molar refractivity (Wildman–Crippen MR) is 129 cm³/mol. The third-order valence-corrected chi connectivity index (χ3v) is 5.38. The number of thiocarbonyl (C=S) groups is 1. The molecular weight excluding hydrogens is 477 g/mol. The van der Waals surface area contributed by atoms with E-state index in [1.807, 2.05) is 25.1 Å². The van der Waals surface area contributed by atoms with Crippen molar-refractivity contribution in [3.05, 3.63) is 108 Å². The first kappa shape index (κ1) is 21.0. The maximum atomic E-state index is 6.96. The molecule has 0 amide bonds. The van der Waals surface area contributed by atoms with Gasteiger partial charge in [0.25, 0.3) is 0 Å². The molecule has 0 bridgehead atoms. The summed E-state index contributed by atoms with van der Waals surface area (Å²) >= 11 is 7.72. The molecule has 2 atom stereocenters. The van der Waals surface area contributed by atoms with Gasteiger partial charge in [0.05, 0.1) is 8.91 Å². The highest BCUT2D eigenvalue weighted by atomic mass is 127. The molecule has 0 spiro atoms. The van der Waals surface area contributed by atoms with Gasteiger partial charge in [0.15, 0.2) is 0 Å². The lowest BCUT2D eigenvalue weighted by Crippen LogP contribution is -2.47. The van der Waals surface area contributed by atoms with E-state index in [-0.39, 0.29) is 10.2 Å². The van der Waals surface area contributed by atoms with Crippen LogP contribution in [0.25, 0.3) is 0 Å². The van der Waals surface area contributed by atoms with Crippen LogP contribution >= 0.6 is 34.8 Å². The number of ether oxygens (including phenoxy) is 1. The third-order valence-electron chi connectivity index (χ3n) is 4.61. The van der Waals surface area contributed by atoms with Gasteiger partial charge in [0.2, 0.25) is 0 Å². The monoisotopic (exact) mass is 501 g/mol. The zero-order valence-corrected chi connectivity index (χ0v) is 19.0. The van der Waals surface area contributed by atoms with Crippen molar-refractivity contribution in [1.82, 2.24) is 5.32 Å². The van der Waals surface area contributed by atoms with Crippen molar-refractivity contribution in [2.75, 3.05) is 0 Å². The Balaban J connectivity index is 2.26. The summed E-state index contributed by atoms with van der Waals surface area (Å²) in [7, 11) is 0. The minimum absolute atomic E-state index is 0.200. The van der Waals surface area contributed by atoms with Crippen molar-refractivity contribution in [3.8, 4) is 0 Å². The van der Waals surface area contributed by atoms with Crippen molar-refractivity contribution >= 4 is 39.8 Å². The zero-order chi connectivity index (χ0) is 20.0. The second-order valence-electron chi connectivity index (χ2n) is 6.70. The molecule has 3 rings (SSSR count). The molecule has 3 aromatic rings. The van der Waals surface area contributed by atoms with E-state index in [1.54, 1.807) is 0 Å². The topological polar surface area (TPSA) is 21.3 Å². The molecule has 2 unspecified atom stereocenters. The quantitative estimate of drug-likeness (QED) is 0.139. The van der Waals surface area contributed by atoms with E-state index in [4.69, 9.17) is 17.0 Å². The molecule has 0 heterocycles. The normalized spacial score (nSPS) is 13.5. The molecule has 2 nitrogen and oxygen atoms in total. The second kappa shape index (κ2) is 9.63. The lowest BCUT2D eigenvalue weighted by Gasteiger charge is -2.40. The number of hydrogen-bond acceptors (Lipinski definition) is 2. The fraction of sp³-hybridized carbons (Fsp3) is 0.208. The van der Waals surface area contributed by atoms with Crippen molar-refractivity contribution < 1.29 is 4.74 Å². The van der Waals surface area contributed by atoms with Gasteiger partial charge < -0.3 is 10.1 Å². The maximum Gasteiger partial charge on any atom is 0.146 e. The van der Waals surface area contributed by atoms with Crippen molar-refractivity contribution in [2.45, 2.75) is 29.6 Å². The van der Waals surface area contributed by atoms with E-state index >= 15 is 0 Å². The second-order valence-corrected chi connectivity index (χ2v) is 9.27. The number of alkyl halides is 1. The van der Waals surface area contributed by atoms with Crippen LogP contribution in [0.3, 0.4) is 0 Å². The first-order valence-electron chi connectivity index (χ1n) is 9.29. The van der Waals surface area contributed by atoms with E-state index in [1.165, 1.54) is 0 Å². The Kier molecular flexibility index (Phi) is 7.21. The molecule has 1 N–H and O–H groups in total. The SMILES string of the molecule is CC(=S)NC(OC(c1ccccc1)(c1ccccc1)c1ccccc1)C(C)I. The first-order valence-corrected chi connectivity index (χ1v) is 10.9. The standard InChI is InChI=1S/C24H24INOS/c1-18(25)23(26-19(2)28)27-24(20-12-6-3-7-13-20,21-14-8-4-9-15-21)22-16-10-5-11-17-22/h3-18,23H,1-2H3,(H,26,28). The molecular formula is C24H24INOS. The van der Waals surface area contributed by atoms with E-state index in [9.17, 15) is 0 Å². The number of rotatable bonds is 7. The Labute approximate surface area is 186 Å². The Morgan fingerprint density at radius 3 is 1.46 bits per heavy atom. The van der Waals surface area contributed by atoms with Gasteiger partial charge >= 0.3 is 0 Å². The lowest BCUT2D eigenvalue weighted by molar-refractivity contribution is -0.0509. The van der Waals surface area contributed by atoms with Gasteiger partial charge in [-0.05, 0) is 30.5 Å². The number of nitrogens with one attached hydrogen (secondary N) is 1. The van der Waals surface area contributed by atoms with E-state index in [0.29, 0.717) is 0 Å². The van der Waals surface area contributed by atoms with Crippen molar-refractivity contribution in [3.63, 3.8) is 0 Å². The highest BCUT2D eigenvalue weighted by Crippen LogP contribution is 2.41. The number of halogens is 1. The average Bonchev–Trinajstić information content (AvgIpc) is 2.72. The fourth-order valence-corrected chi connectivity index (χ4v) is 3.79. The molecule has 0 saturated heterocycles. The molecule has 0 saturated carbocycles. The molecule has 28 heavy (non-hydrogen) atoms. The van der Waals surface area contributed by atoms with Crippen LogP contribution in [0.5, 0.6) is 0 Å². The summed E-state index contributed by atoms with van der Waals surface area (Å²) in [6, 6.07) is 31.2. The Bertz CT molecular complexity index is 788. The molecule has 0 fully saturated rings. The predicted octanol–water partition coefficient (Wildman–Crippen LogP) is 6.08. The highest BCUT2D eigenvalue weighted by Gasteiger charge is 2.40. The summed E-state index contributed by atoms with van der Waals surface area (Å²) in [6.45, 7) is 4.02. The summed E-state index contributed by atoms with van der Waals surface area (Å²) in [4.78, 5) is 0.719. The van der Waals surface area contributed by atoms with Crippen molar-refractivity contribution in [1.29, 1.82) is 0 Å². The summed E-state index contributed by atoms with van der Waals surface area (Å²) in [6.07, 6.45) is -0.251. The fourth-order valence-electron chi connectivity index (χ4n) is 3.35. The van der Waals surface area contributed by atoms with Crippen LogP contribution < -0.4 is 5.32 Å². The molecule has 0 radical (unpaired) electrons. The summed E-state index contributed by atoms with van der Waals surface area (Å²) < 4.78 is 7.16. The summed E-state index contributed by atoms with van der Waals surface area (Å²) in [5.74, 6) is 0. The minimum atomic E-state index is -0.758. The van der Waals surface area contributed by atoms with Gasteiger partial charge in [-0.1, -0.05) is 126 Å². The van der Waals surface area contributed by atoms with Crippen LogP contribution in [0.2, 0.25) is 0 Å². The van der Waals surface area contributed by atoms with E-state index < -0.39 is 5.60 Å². The average molecular weight is 501 g/mol. The first-order chi connectivity index (χ1) is 13.5. The summed E-state index contributed by atoms with van der Waals surface area (Å²) in [5, 5.41) is 3.35. The van der Waals surface area contributed by atoms with Crippen LogP contribution in [-0.2, 0) is 10.3 Å². The van der Waals surface area contributed by atoms with Gasteiger partial charge in [-0.3, -0.25) is 0 Å². The molecule has 4 heteroatoms. The smallest absolute Gasteiger partial charge is 0.146 e. The molecule has 0 aliphatic carbocycles. The molecule has 0 aliphatic heterocycles. The van der Waals surface area contributed by atoms with Crippen LogP contribution in [0.1, 0.15) is 30.5 Å². The van der Waals surface area contributed by atoms with E-state index in [2.05, 4.69) is 108 Å². The van der Waals surface area contributed by atoms with Gasteiger partial charge in [-0.2, -0.15) is 0 Å². The summed E-state index contributed by atoms with van der Waals surface area (Å²) in [5.41, 5.74) is 2.49. The number of hydrogen-bond donors (Lipinski definition) is 1. The lowest BCUT2D eigenvalue weighted by atomic mass is 9.80. The van der Waals surface area contributed by atoms with Gasteiger partial charge in [0, 0.05) is 0 Å². The Morgan fingerprint density at radius 1 is 0.821 bits per heavy atom. The van der Waals surface area contributed by atoms with Crippen LogP contribution in [0.15, 0.2) is 91.0 Å². The Hall–Kier alpha value is -1.76. The van der Waals surface area contributed by atoms with Gasteiger partial charge in [0.1, 0.15) is 11.8 Å². The van der Waals surface area contributed by atoms with Gasteiger partial charge in [-0.25, -0.2) is 0 Å². The zero-order valence-electron chi connectivity index (χ0n) is 16.0. The Morgan fingerprint density at radius 2 is 1.18 bits per heavy atom. The largest absolute Gasteiger partial charge is 0.354 e. The maximum absolute atomic E-state index is 6.96. The van der Waals surface area contributed by atoms with Crippen LogP contribution in [-0.4, -0.2) is 15.1 Å². The third kappa shape index (κ3) is 4.62. The highest BCUT2D eigenvalue weighted by molar-refractivity contribution is 14.1. The van der Waals surface area contributed by atoms with Crippen LogP contribution in [0, 0.1) is 0 Å². The molecule has 3 aromatic carbocycles. The van der Waals surface area contributed by atoms with E-state index in [0.717, 1.165) is 21.7 Å². The number of benzene rings is 3. The minimum Gasteiger partial charge on any atom is -0.354 e. The van der Waals surface area contributed by atoms with Gasteiger partial charge in [-0.15, -0.1) is 0 Å². The molecule has 144 valence electrons.